The van der Waals surface area contributed by atoms with Gasteiger partial charge in [-0.3, -0.25) is 4.79 Å². The van der Waals surface area contributed by atoms with Crippen LogP contribution in [0.4, 0.5) is 5.82 Å². The molecule has 0 atom stereocenters. The summed E-state index contributed by atoms with van der Waals surface area (Å²) >= 11 is 0. The summed E-state index contributed by atoms with van der Waals surface area (Å²) in [4.78, 5) is 14.8. The number of nitrogens with two attached hydrogens (primary N) is 1. The molecule has 0 radical (unpaired) electrons. The molecule has 3 rings (SSSR count). The van der Waals surface area contributed by atoms with Crippen LogP contribution in [0.15, 0.2) is 21.9 Å². The zero-order chi connectivity index (χ0) is 26.1. The number of phenolic OH excluding ortho intramolecular Hbond substituents is 1. The Morgan fingerprint density at radius 3 is 2.26 bits per heavy atom. The van der Waals surface area contributed by atoms with Gasteiger partial charge in [-0.2, -0.15) is 9.78 Å². The van der Waals surface area contributed by atoms with Crippen LogP contribution in [0.3, 0.4) is 0 Å². The van der Waals surface area contributed by atoms with Crippen molar-refractivity contribution in [1.29, 1.82) is 0 Å². The molecule has 0 fully saturated rings. The number of rotatable bonds is 6. The smallest absolute Gasteiger partial charge is 0.293 e. The molecular weight excluding hydrogens is 450 g/mol. The Hall–Kier alpha value is -3.80. The average Bonchev–Trinajstić information content (AvgIpc) is 3.32. The van der Waals surface area contributed by atoms with E-state index in [-0.39, 0.29) is 33.9 Å². The number of phenols is 1. The van der Waals surface area contributed by atoms with Gasteiger partial charge < -0.3 is 15.7 Å². The summed E-state index contributed by atoms with van der Waals surface area (Å²) in [5.74, 6) is -0.107. The van der Waals surface area contributed by atoms with Crippen molar-refractivity contribution < 1.29 is 14.5 Å². The summed E-state index contributed by atoms with van der Waals surface area (Å²) in [5, 5.41) is 30.3. The van der Waals surface area contributed by atoms with E-state index in [0.29, 0.717) is 12.2 Å². The highest BCUT2D eigenvalue weighted by Crippen LogP contribution is 2.39. The molecule has 1 aromatic carbocycles. The topological polar surface area (TPSA) is 161 Å². The Balaban J connectivity index is 1.92. The van der Waals surface area contributed by atoms with Gasteiger partial charge in [0.15, 0.2) is 5.69 Å². The number of nitrogens with zero attached hydrogens (tertiary/aromatic N) is 7. The fourth-order valence-corrected chi connectivity index (χ4v) is 3.52. The SMILES string of the molecule is CN(C)Cc1c(C(=O)N/N=C\c2cc(C(C)(C)C)c(O)c(C(C)(C)C)c2)nnn1-c1nonc1N. The molecule has 0 unspecified atom stereocenters. The number of hydrogen-bond donors (Lipinski definition) is 3. The van der Waals surface area contributed by atoms with Crippen LogP contribution >= 0.6 is 0 Å². The van der Waals surface area contributed by atoms with Gasteiger partial charge in [-0.1, -0.05) is 46.8 Å². The third-order valence-electron chi connectivity index (χ3n) is 5.27. The van der Waals surface area contributed by atoms with Crippen LogP contribution in [0.1, 0.15) is 74.4 Å². The van der Waals surface area contributed by atoms with Crippen LogP contribution < -0.4 is 11.2 Å². The monoisotopic (exact) mass is 483 g/mol. The molecule has 0 aliphatic heterocycles. The zero-order valence-electron chi connectivity index (χ0n) is 21.4. The van der Waals surface area contributed by atoms with Crippen molar-refractivity contribution in [3.63, 3.8) is 0 Å². The molecular formula is C23H33N9O3. The molecule has 4 N–H and O–H groups in total. The number of hydrogen-bond acceptors (Lipinski definition) is 10. The summed E-state index contributed by atoms with van der Waals surface area (Å²) in [7, 11) is 3.68. The van der Waals surface area contributed by atoms with E-state index in [1.54, 1.807) is 0 Å². The molecule has 0 aliphatic carbocycles. The number of nitrogen functional groups attached to an aromatic ring is 1. The lowest BCUT2D eigenvalue weighted by atomic mass is 9.78. The Labute approximate surface area is 204 Å². The van der Waals surface area contributed by atoms with E-state index in [1.165, 1.54) is 10.9 Å². The second-order valence-electron chi connectivity index (χ2n) is 10.7. The van der Waals surface area contributed by atoms with Crippen molar-refractivity contribution in [2.24, 2.45) is 5.10 Å². The van der Waals surface area contributed by atoms with Gasteiger partial charge >= 0.3 is 0 Å². The van der Waals surface area contributed by atoms with Crippen LogP contribution in [-0.2, 0) is 17.4 Å². The fraction of sp³-hybridized carbons (Fsp3) is 0.478. The van der Waals surface area contributed by atoms with Gasteiger partial charge in [-0.05, 0) is 52.9 Å². The number of nitrogens with one attached hydrogen (secondary N) is 1. The molecule has 0 saturated heterocycles. The molecule has 12 nitrogen and oxygen atoms in total. The first-order valence-electron chi connectivity index (χ1n) is 11.1. The first kappa shape index (κ1) is 25.8. The molecule has 2 heterocycles. The van der Waals surface area contributed by atoms with Crippen molar-refractivity contribution in [3.05, 3.63) is 40.2 Å². The molecule has 188 valence electrons. The van der Waals surface area contributed by atoms with Gasteiger partial charge in [0.05, 0.1) is 11.9 Å². The van der Waals surface area contributed by atoms with Crippen molar-refractivity contribution in [2.75, 3.05) is 19.8 Å². The largest absolute Gasteiger partial charge is 0.507 e. The third kappa shape index (κ3) is 5.65. The number of anilines is 1. The molecule has 0 aliphatic rings. The number of aromatic hydroxyl groups is 1. The number of benzene rings is 1. The van der Waals surface area contributed by atoms with E-state index in [9.17, 15) is 9.90 Å². The maximum Gasteiger partial charge on any atom is 0.293 e. The molecule has 35 heavy (non-hydrogen) atoms. The molecule has 12 heteroatoms. The van der Waals surface area contributed by atoms with Crippen molar-refractivity contribution in [2.45, 2.75) is 58.9 Å². The van der Waals surface area contributed by atoms with Gasteiger partial charge in [0, 0.05) is 17.7 Å². The van der Waals surface area contributed by atoms with Gasteiger partial charge in [-0.15, -0.1) is 5.10 Å². The minimum atomic E-state index is -0.551. The summed E-state index contributed by atoms with van der Waals surface area (Å²) in [6.07, 6.45) is 1.54. The van der Waals surface area contributed by atoms with E-state index in [4.69, 9.17) is 5.73 Å². The minimum absolute atomic E-state index is 0.0246. The molecule has 0 spiro atoms. The van der Waals surface area contributed by atoms with E-state index in [1.807, 2.05) is 72.7 Å². The predicted molar refractivity (Wildman–Crippen MR) is 132 cm³/mol. The van der Waals surface area contributed by atoms with Crippen molar-refractivity contribution in [1.82, 2.24) is 35.6 Å². The van der Waals surface area contributed by atoms with Crippen LogP contribution in [0.5, 0.6) is 5.75 Å². The summed E-state index contributed by atoms with van der Waals surface area (Å²) in [5.41, 5.74) is 10.6. The number of carbonyl (C=O) groups excluding carboxylic acids is 1. The normalized spacial score (nSPS) is 12.6. The standard InChI is InChI=1S/C23H33N9O3/c1-22(2,3)14-9-13(10-15(18(14)33)23(4,5)6)11-25-27-21(34)17-16(12-31(7)8)32(30-26-17)20-19(24)28-35-29-20/h9-11,33H,12H2,1-8H3,(H2,24,28)(H,27,34)/b25-11-. The van der Waals surface area contributed by atoms with Crippen LogP contribution in [0.25, 0.3) is 5.82 Å². The van der Waals surface area contributed by atoms with E-state index < -0.39 is 5.91 Å². The molecule has 2 aromatic heterocycles. The second-order valence-corrected chi connectivity index (χ2v) is 10.7. The van der Waals surface area contributed by atoms with Gasteiger partial charge in [-0.25, -0.2) is 10.1 Å². The predicted octanol–water partition coefficient (Wildman–Crippen LogP) is 2.36. The number of amides is 1. The molecule has 3 aromatic rings. The summed E-state index contributed by atoms with van der Waals surface area (Å²) < 4.78 is 5.96. The lowest BCUT2D eigenvalue weighted by Gasteiger charge is -2.27. The van der Waals surface area contributed by atoms with Gasteiger partial charge in [0.2, 0.25) is 11.6 Å². The maximum atomic E-state index is 12.9. The van der Waals surface area contributed by atoms with Crippen LogP contribution in [-0.4, -0.2) is 61.5 Å². The van der Waals surface area contributed by atoms with E-state index in [2.05, 4.69) is 35.8 Å². The lowest BCUT2D eigenvalue weighted by molar-refractivity contribution is 0.0948. The second kappa shape index (κ2) is 9.45. The number of hydrazone groups is 1. The van der Waals surface area contributed by atoms with E-state index >= 15 is 0 Å². The van der Waals surface area contributed by atoms with Crippen molar-refractivity contribution in [3.8, 4) is 11.6 Å². The maximum absolute atomic E-state index is 12.9. The average molecular weight is 484 g/mol. The highest BCUT2D eigenvalue weighted by Gasteiger charge is 2.27. The van der Waals surface area contributed by atoms with Gasteiger partial charge in [0.25, 0.3) is 5.91 Å². The van der Waals surface area contributed by atoms with E-state index in [0.717, 1.165) is 16.7 Å². The van der Waals surface area contributed by atoms with Crippen LogP contribution in [0, 0.1) is 0 Å². The zero-order valence-corrected chi connectivity index (χ0v) is 21.4. The molecule has 0 bridgehead atoms. The Kier molecular flexibility index (Phi) is 6.97. The fourth-order valence-electron chi connectivity index (χ4n) is 3.52. The summed E-state index contributed by atoms with van der Waals surface area (Å²) in [6, 6.07) is 3.74. The van der Waals surface area contributed by atoms with Crippen LogP contribution in [0.2, 0.25) is 0 Å². The number of carbonyl (C=O) groups is 1. The Bertz CT molecular complexity index is 1210. The highest BCUT2D eigenvalue weighted by atomic mass is 16.6. The van der Waals surface area contributed by atoms with Gasteiger partial charge in [0.1, 0.15) is 5.75 Å². The quantitative estimate of drug-likeness (QED) is 0.353. The molecule has 0 saturated carbocycles. The first-order chi connectivity index (χ1) is 16.2. The first-order valence-corrected chi connectivity index (χ1v) is 11.1. The Morgan fingerprint density at radius 1 is 1.17 bits per heavy atom. The summed E-state index contributed by atoms with van der Waals surface area (Å²) in [6.45, 7) is 12.5. The lowest BCUT2D eigenvalue weighted by Crippen LogP contribution is -2.23. The highest BCUT2D eigenvalue weighted by molar-refractivity contribution is 5.94. The number of aromatic nitrogens is 5. The Morgan fingerprint density at radius 2 is 1.77 bits per heavy atom. The minimum Gasteiger partial charge on any atom is -0.507 e. The third-order valence-corrected chi connectivity index (χ3v) is 5.27. The molecule has 1 amide bonds. The van der Waals surface area contributed by atoms with Crippen molar-refractivity contribution >= 4 is 17.9 Å².